The molecule has 154 valence electrons. The lowest BCUT2D eigenvalue weighted by Gasteiger charge is -2.29. The van der Waals surface area contributed by atoms with E-state index in [0.29, 0.717) is 11.8 Å². The van der Waals surface area contributed by atoms with Gasteiger partial charge in [0.15, 0.2) is 5.82 Å². The standard InChI is InChI=1S/C18H13ClF5N3O2/c19-12-6-14-13(25-17(12)26-15(28)7-18(22,23)24)1-2-16(29)27(14)8-9-3-10(20)5-11(21)4-9/h3-6H,1-2,7-8H2,(H,25,26,28). The van der Waals surface area contributed by atoms with Crippen molar-refractivity contribution in [3.05, 3.63) is 52.2 Å². The molecule has 29 heavy (non-hydrogen) atoms. The Morgan fingerprint density at radius 2 is 1.79 bits per heavy atom. The van der Waals surface area contributed by atoms with E-state index in [0.717, 1.165) is 12.1 Å². The minimum Gasteiger partial charge on any atom is -0.309 e. The Labute approximate surface area is 166 Å². The summed E-state index contributed by atoms with van der Waals surface area (Å²) in [5.74, 6) is -3.53. The predicted molar refractivity (Wildman–Crippen MR) is 94.4 cm³/mol. The molecule has 2 heterocycles. The second-order valence-electron chi connectivity index (χ2n) is 6.38. The molecule has 0 aliphatic carbocycles. The van der Waals surface area contributed by atoms with Crippen LogP contribution in [0.3, 0.4) is 0 Å². The summed E-state index contributed by atoms with van der Waals surface area (Å²) in [6.45, 7) is -0.154. The molecule has 0 unspecified atom stereocenters. The van der Waals surface area contributed by atoms with Crippen LogP contribution in [0.5, 0.6) is 0 Å². The van der Waals surface area contributed by atoms with Crippen molar-refractivity contribution in [2.24, 2.45) is 0 Å². The molecule has 1 aromatic heterocycles. The molecular formula is C18H13ClF5N3O2. The summed E-state index contributed by atoms with van der Waals surface area (Å²) >= 11 is 6.03. The van der Waals surface area contributed by atoms with Gasteiger partial charge in [0.25, 0.3) is 0 Å². The van der Waals surface area contributed by atoms with E-state index in [1.54, 1.807) is 0 Å². The molecule has 1 aliphatic heterocycles. The Bertz CT molecular complexity index is 960. The van der Waals surface area contributed by atoms with Gasteiger partial charge in [-0.3, -0.25) is 9.59 Å². The minimum atomic E-state index is -4.69. The lowest BCUT2D eigenvalue weighted by Crippen LogP contribution is -2.35. The Morgan fingerprint density at radius 3 is 2.41 bits per heavy atom. The molecule has 2 amide bonds. The summed E-state index contributed by atoms with van der Waals surface area (Å²) in [6.07, 6.45) is -6.19. The summed E-state index contributed by atoms with van der Waals surface area (Å²) in [6, 6.07) is 4.13. The van der Waals surface area contributed by atoms with Crippen LogP contribution in [0.25, 0.3) is 0 Å². The lowest BCUT2D eigenvalue weighted by atomic mass is 10.0. The molecule has 0 atom stereocenters. The van der Waals surface area contributed by atoms with E-state index in [1.807, 2.05) is 5.32 Å². The molecule has 0 fully saturated rings. The van der Waals surface area contributed by atoms with Crippen LogP contribution in [0.15, 0.2) is 24.3 Å². The van der Waals surface area contributed by atoms with Crippen molar-refractivity contribution in [1.82, 2.24) is 4.98 Å². The van der Waals surface area contributed by atoms with E-state index in [4.69, 9.17) is 11.6 Å². The number of benzene rings is 1. The predicted octanol–water partition coefficient (Wildman–Crippen LogP) is 4.38. The van der Waals surface area contributed by atoms with Crippen LogP contribution >= 0.6 is 11.6 Å². The normalized spacial score (nSPS) is 14.0. The van der Waals surface area contributed by atoms with E-state index >= 15 is 0 Å². The van der Waals surface area contributed by atoms with Gasteiger partial charge in [-0.2, -0.15) is 13.2 Å². The van der Waals surface area contributed by atoms with Gasteiger partial charge in [0.2, 0.25) is 11.8 Å². The molecule has 0 saturated heterocycles. The molecule has 1 N–H and O–H groups in total. The molecule has 0 bridgehead atoms. The Kier molecular flexibility index (Phi) is 5.74. The topological polar surface area (TPSA) is 62.3 Å². The number of fused-ring (bicyclic) bond motifs is 1. The first-order chi connectivity index (χ1) is 13.5. The van der Waals surface area contributed by atoms with Crippen LogP contribution in [0, 0.1) is 11.6 Å². The number of carbonyl (C=O) groups excluding carboxylic acids is 2. The Hall–Kier alpha value is -2.75. The van der Waals surface area contributed by atoms with Crippen molar-refractivity contribution in [3.63, 3.8) is 0 Å². The molecule has 3 rings (SSSR count). The average molecular weight is 434 g/mol. The van der Waals surface area contributed by atoms with E-state index in [2.05, 4.69) is 4.98 Å². The highest BCUT2D eigenvalue weighted by Gasteiger charge is 2.32. The maximum atomic E-state index is 13.4. The van der Waals surface area contributed by atoms with E-state index < -0.39 is 30.1 Å². The van der Waals surface area contributed by atoms with Crippen molar-refractivity contribution < 1.29 is 31.5 Å². The van der Waals surface area contributed by atoms with Crippen LogP contribution in [0.1, 0.15) is 24.1 Å². The Balaban J connectivity index is 1.88. The van der Waals surface area contributed by atoms with Gasteiger partial charge in [0.1, 0.15) is 18.1 Å². The minimum absolute atomic E-state index is 0.0232. The van der Waals surface area contributed by atoms with Crippen LogP contribution in [0.4, 0.5) is 33.5 Å². The highest BCUT2D eigenvalue weighted by molar-refractivity contribution is 6.33. The second kappa shape index (κ2) is 7.94. The molecular weight excluding hydrogens is 421 g/mol. The highest BCUT2D eigenvalue weighted by atomic mass is 35.5. The third-order valence-corrected chi connectivity index (χ3v) is 4.37. The first kappa shape index (κ1) is 21.0. The van der Waals surface area contributed by atoms with E-state index in [1.165, 1.54) is 11.0 Å². The molecule has 0 spiro atoms. The van der Waals surface area contributed by atoms with Crippen molar-refractivity contribution in [2.45, 2.75) is 32.0 Å². The number of carbonyl (C=O) groups is 2. The monoisotopic (exact) mass is 433 g/mol. The van der Waals surface area contributed by atoms with Gasteiger partial charge < -0.3 is 10.2 Å². The zero-order valence-electron chi connectivity index (χ0n) is 14.6. The summed E-state index contributed by atoms with van der Waals surface area (Å²) in [5, 5.41) is 1.83. The summed E-state index contributed by atoms with van der Waals surface area (Å²) < 4.78 is 63.9. The van der Waals surface area contributed by atoms with Crippen molar-refractivity contribution in [1.29, 1.82) is 0 Å². The van der Waals surface area contributed by atoms with Gasteiger partial charge >= 0.3 is 6.18 Å². The number of hydrogen-bond donors (Lipinski definition) is 1. The smallest absolute Gasteiger partial charge is 0.309 e. The number of nitrogens with zero attached hydrogens (tertiary/aromatic N) is 2. The molecule has 5 nitrogen and oxygen atoms in total. The summed E-state index contributed by atoms with van der Waals surface area (Å²) in [5.41, 5.74) is 0.764. The number of aromatic nitrogens is 1. The number of anilines is 2. The number of nitrogens with one attached hydrogen (secondary N) is 1. The van der Waals surface area contributed by atoms with E-state index in [-0.39, 0.29) is 47.4 Å². The van der Waals surface area contributed by atoms with Gasteiger partial charge in [0.05, 0.1) is 22.9 Å². The number of aryl methyl sites for hydroxylation is 1. The first-order valence-corrected chi connectivity index (χ1v) is 8.71. The summed E-state index contributed by atoms with van der Waals surface area (Å²) in [4.78, 5) is 29.1. The molecule has 1 aromatic carbocycles. The molecule has 2 aromatic rings. The Morgan fingerprint density at radius 1 is 1.14 bits per heavy atom. The number of alkyl halides is 3. The van der Waals surface area contributed by atoms with E-state index in [9.17, 15) is 31.5 Å². The number of hydrogen-bond acceptors (Lipinski definition) is 3. The average Bonchev–Trinajstić information content (AvgIpc) is 2.56. The number of amides is 2. The second-order valence-corrected chi connectivity index (χ2v) is 6.79. The fourth-order valence-corrected chi connectivity index (χ4v) is 3.13. The fourth-order valence-electron chi connectivity index (χ4n) is 2.93. The zero-order valence-corrected chi connectivity index (χ0v) is 15.4. The molecule has 11 heteroatoms. The molecule has 0 radical (unpaired) electrons. The lowest BCUT2D eigenvalue weighted by molar-refractivity contribution is -0.150. The van der Waals surface area contributed by atoms with Gasteiger partial charge in [-0.25, -0.2) is 13.8 Å². The van der Waals surface area contributed by atoms with Crippen LogP contribution in [0.2, 0.25) is 5.02 Å². The first-order valence-electron chi connectivity index (χ1n) is 8.33. The van der Waals surface area contributed by atoms with Crippen LogP contribution in [-0.2, 0) is 22.6 Å². The van der Waals surface area contributed by atoms with Crippen molar-refractivity contribution >= 4 is 34.9 Å². The SMILES string of the molecule is O=C(CC(F)(F)F)Nc1nc2c(cc1Cl)N(Cc1cc(F)cc(F)c1)C(=O)CC2. The van der Waals surface area contributed by atoms with Gasteiger partial charge in [-0.1, -0.05) is 11.6 Å². The number of rotatable bonds is 4. The van der Waals surface area contributed by atoms with Crippen molar-refractivity contribution in [2.75, 3.05) is 10.2 Å². The third-order valence-electron chi connectivity index (χ3n) is 4.08. The van der Waals surface area contributed by atoms with Crippen LogP contribution < -0.4 is 10.2 Å². The quantitative estimate of drug-likeness (QED) is 0.728. The maximum Gasteiger partial charge on any atom is 0.397 e. The van der Waals surface area contributed by atoms with Gasteiger partial charge in [-0.05, 0) is 23.8 Å². The zero-order chi connectivity index (χ0) is 21.3. The van der Waals surface area contributed by atoms with Gasteiger partial charge in [-0.15, -0.1) is 0 Å². The van der Waals surface area contributed by atoms with Crippen molar-refractivity contribution in [3.8, 4) is 0 Å². The molecule has 0 saturated carbocycles. The highest BCUT2D eigenvalue weighted by Crippen LogP contribution is 2.34. The van der Waals surface area contributed by atoms with Crippen LogP contribution in [-0.4, -0.2) is 23.0 Å². The fraction of sp³-hybridized carbons (Fsp3) is 0.278. The summed E-state index contributed by atoms with van der Waals surface area (Å²) in [7, 11) is 0. The third kappa shape index (κ3) is 5.20. The number of pyridine rings is 1. The van der Waals surface area contributed by atoms with Gasteiger partial charge in [0, 0.05) is 18.9 Å². The number of halogens is 6. The largest absolute Gasteiger partial charge is 0.397 e. The molecule has 1 aliphatic rings. The maximum absolute atomic E-state index is 13.4.